The Hall–Kier alpha value is -4.57. The number of aromatic nitrogens is 3. The molecular formula is C32H34N6O4. The van der Waals surface area contributed by atoms with Crippen LogP contribution in [-0.2, 0) is 22.5 Å². The van der Waals surface area contributed by atoms with Crippen LogP contribution in [0.25, 0.3) is 16.7 Å². The molecule has 4 aromatic rings. The molecule has 0 saturated carbocycles. The lowest BCUT2D eigenvalue weighted by molar-refractivity contribution is -0.129. The molecule has 1 aliphatic heterocycles. The average Bonchev–Trinajstić information content (AvgIpc) is 3.49. The van der Waals surface area contributed by atoms with Gasteiger partial charge in [-0.15, -0.1) is 0 Å². The van der Waals surface area contributed by atoms with E-state index in [0.717, 1.165) is 56.6 Å². The van der Waals surface area contributed by atoms with Crippen molar-refractivity contribution in [3.05, 3.63) is 87.3 Å². The summed E-state index contributed by atoms with van der Waals surface area (Å²) in [5, 5.41) is 3.50. The zero-order valence-electron chi connectivity index (χ0n) is 23.9. The Bertz CT molecular complexity index is 1710. The highest BCUT2D eigenvalue weighted by molar-refractivity contribution is 5.96. The molecule has 0 bridgehead atoms. The van der Waals surface area contributed by atoms with Gasteiger partial charge in [0.1, 0.15) is 5.56 Å². The molecule has 42 heavy (non-hydrogen) atoms. The van der Waals surface area contributed by atoms with E-state index in [-0.39, 0.29) is 23.5 Å². The molecule has 2 aromatic carbocycles. The van der Waals surface area contributed by atoms with Gasteiger partial charge in [0, 0.05) is 43.8 Å². The Morgan fingerprint density at radius 3 is 2.55 bits per heavy atom. The van der Waals surface area contributed by atoms with Crippen molar-refractivity contribution in [1.29, 1.82) is 0 Å². The second-order valence-corrected chi connectivity index (χ2v) is 10.9. The van der Waals surface area contributed by atoms with Crippen molar-refractivity contribution >= 4 is 34.5 Å². The predicted octanol–water partition coefficient (Wildman–Crippen LogP) is 4.42. The van der Waals surface area contributed by atoms with E-state index < -0.39 is 11.3 Å². The lowest BCUT2D eigenvalue weighted by atomic mass is 9.89. The molecule has 2 amide bonds. The van der Waals surface area contributed by atoms with E-state index in [0.29, 0.717) is 17.5 Å². The molecule has 1 aliphatic carbocycles. The first-order valence-corrected chi connectivity index (χ1v) is 14.5. The molecule has 10 nitrogen and oxygen atoms in total. The summed E-state index contributed by atoms with van der Waals surface area (Å²) in [4.78, 5) is 54.0. The Kier molecular flexibility index (Phi) is 7.71. The minimum atomic E-state index is -0.618. The fourth-order valence-corrected chi connectivity index (χ4v) is 5.93. The molecule has 6 rings (SSSR count). The number of carbonyl (C=O) groups is 2. The number of carbonyl (C=O) groups excluding carboxylic acids is 2. The number of anilines is 2. The first-order chi connectivity index (χ1) is 20.4. The van der Waals surface area contributed by atoms with Crippen LogP contribution >= 0.6 is 0 Å². The molecule has 216 valence electrons. The van der Waals surface area contributed by atoms with E-state index >= 15 is 0 Å². The van der Waals surface area contributed by atoms with Crippen LogP contribution in [-0.4, -0.2) is 50.9 Å². The highest BCUT2D eigenvalue weighted by atomic mass is 16.6. The lowest BCUT2D eigenvalue weighted by Crippen LogP contribution is -2.36. The molecule has 2 N–H and O–H groups in total. The summed E-state index contributed by atoms with van der Waals surface area (Å²) in [5.41, 5.74) is 7.68. The van der Waals surface area contributed by atoms with Gasteiger partial charge >= 0.3 is 0 Å². The third-order valence-corrected chi connectivity index (χ3v) is 8.24. The van der Waals surface area contributed by atoms with Crippen LogP contribution in [0.4, 0.5) is 11.6 Å². The van der Waals surface area contributed by atoms with Crippen LogP contribution in [0, 0.1) is 0 Å². The smallest absolute Gasteiger partial charge is 0.280 e. The third kappa shape index (κ3) is 5.49. The second-order valence-electron chi connectivity index (χ2n) is 10.9. The molecule has 10 heteroatoms. The Balaban J connectivity index is 1.32. The van der Waals surface area contributed by atoms with Crippen molar-refractivity contribution in [2.75, 3.05) is 25.0 Å². The zero-order chi connectivity index (χ0) is 29.2. The fraction of sp³-hybridized carbons (Fsp3) is 0.344. The van der Waals surface area contributed by atoms with Gasteiger partial charge in [-0.3, -0.25) is 19.2 Å². The normalized spacial score (nSPS) is 15.0. The summed E-state index contributed by atoms with van der Waals surface area (Å²) < 4.78 is 1.78. The molecule has 1 fully saturated rings. The van der Waals surface area contributed by atoms with Gasteiger partial charge in [0.2, 0.25) is 17.3 Å². The van der Waals surface area contributed by atoms with Gasteiger partial charge in [-0.2, -0.15) is 4.98 Å². The molecular weight excluding hydrogens is 532 g/mol. The van der Waals surface area contributed by atoms with E-state index in [9.17, 15) is 14.4 Å². The maximum absolute atomic E-state index is 13.4. The van der Waals surface area contributed by atoms with Crippen LogP contribution in [0.2, 0.25) is 0 Å². The molecule has 0 atom stereocenters. The molecule has 0 unspecified atom stereocenters. The van der Waals surface area contributed by atoms with E-state index in [1.54, 1.807) is 18.4 Å². The molecule has 2 aliphatic rings. The number of aryl methyl sites for hydroxylation is 2. The number of amides is 2. The first kappa shape index (κ1) is 27.6. The van der Waals surface area contributed by atoms with Crippen molar-refractivity contribution in [3.63, 3.8) is 0 Å². The minimum absolute atomic E-state index is 0.0505. The van der Waals surface area contributed by atoms with E-state index in [1.165, 1.54) is 29.1 Å². The summed E-state index contributed by atoms with van der Waals surface area (Å²) in [6, 6.07) is 14.4. The monoisotopic (exact) mass is 566 g/mol. The van der Waals surface area contributed by atoms with Crippen molar-refractivity contribution in [2.24, 2.45) is 0 Å². The topological polar surface area (TPSA) is 118 Å². The van der Waals surface area contributed by atoms with Crippen LogP contribution in [0.5, 0.6) is 0 Å². The van der Waals surface area contributed by atoms with Gasteiger partial charge < -0.3 is 14.8 Å². The highest BCUT2D eigenvalue weighted by Crippen LogP contribution is 2.30. The Labute approximate surface area is 243 Å². The fourth-order valence-electron chi connectivity index (χ4n) is 5.93. The summed E-state index contributed by atoms with van der Waals surface area (Å²) in [5.74, 6) is 0.274. The summed E-state index contributed by atoms with van der Waals surface area (Å²) in [6.07, 6.45) is 8.04. The van der Waals surface area contributed by atoms with Gasteiger partial charge in [-0.25, -0.2) is 10.5 Å². The third-order valence-electron chi connectivity index (χ3n) is 8.24. The number of hydroxylamine groups is 1. The molecule has 2 aromatic heterocycles. The van der Waals surface area contributed by atoms with Gasteiger partial charge in [0.05, 0.1) is 12.0 Å². The summed E-state index contributed by atoms with van der Waals surface area (Å²) in [6.45, 7) is 5.21. The number of fused-ring (bicyclic) bond motifs is 2. The number of likely N-dealkylation sites (tertiary alicyclic amines) is 1. The summed E-state index contributed by atoms with van der Waals surface area (Å²) >= 11 is 0. The zero-order valence-corrected chi connectivity index (χ0v) is 23.9. The largest absolute Gasteiger partial charge is 0.343 e. The van der Waals surface area contributed by atoms with Gasteiger partial charge in [0.25, 0.3) is 5.91 Å². The number of piperidine rings is 1. The van der Waals surface area contributed by atoms with Crippen LogP contribution < -0.4 is 16.2 Å². The summed E-state index contributed by atoms with van der Waals surface area (Å²) in [7, 11) is 0. The average molecular weight is 567 g/mol. The van der Waals surface area contributed by atoms with Gasteiger partial charge in [-0.05, 0) is 85.9 Å². The molecule has 3 heterocycles. The van der Waals surface area contributed by atoms with Gasteiger partial charge in [0.15, 0.2) is 5.65 Å². The molecule has 0 radical (unpaired) electrons. The number of hydrogen-bond acceptors (Lipinski definition) is 7. The number of pyridine rings is 1. The number of nitrogens with one attached hydrogen (secondary N) is 2. The molecule has 0 spiro atoms. The Morgan fingerprint density at radius 2 is 1.81 bits per heavy atom. The lowest BCUT2D eigenvalue weighted by Gasteiger charge is -2.31. The number of nitrogens with zero attached hydrogens (tertiary/aromatic N) is 4. The highest BCUT2D eigenvalue weighted by Gasteiger charge is 2.22. The predicted molar refractivity (Wildman–Crippen MR) is 160 cm³/mol. The Morgan fingerprint density at radius 1 is 1.05 bits per heavy atom. The van der Waals surface area contributed by atoms with E-state index in [4.69, 9.17) is 9.82 Å². The number of benzene rings is 2. The maximum atomic E-state index is 13.4. The van der Waals surface area contributed by atoms with Crippen molar-refractivity contribution in [1.82, 2.24) is 24.9 Å². The molecule has 1 saturated heterocycles. The van der Waals surface area contributed by atoms with E-state index in [2.05, 4.69) is 40.0 Å². The number of hydrogen-bond donors (Lipinski definition) is 2. The minimum Gasteiger partial charge on any atom is -0.343 e. The van der Waals surface area contributed by atoms with Crippen LogP contribution in [0.3, 0.4) is 0 Å². The number of rotatable bonds is 7. The van der Waals surface area contributed by atoms with Crippen molar-refractivity contribution in [3.8, 4) is 5.69 Å². The maximum Gasteiger partial charge on any atom is 0.280 e. The standard InChI is InChI=1S/C32H34N6O4/c1-3-42-36-31(41)28-19-38(26-12-9-21-5-4-6-24(21)17-26)30-27(29(28)40)18-33-32(35-30)34-25-10-7-22(8-11-25)23-13-15-37(16-14-23)20(2)39/h7-12,17-19,23H,3-6,13-16H2,1-2H3,(H,36,41)(H,33,34,35). The van der Waals surface area contributed by atoms with Crippen LogP contribution in [0.15, 0.2) is 59.7 Å². The van der Waals surface area contributed by atoms with Crippen LogP contribution in [0.1, 0.15) is 66.1 Å². The first-order valence-electron chi connectivity index (χ1n) is 14.5. The van der Waals surface area contributed by atoms with Crippen molar-refractivity contribution in [2.45, 2.75) is 51.9 Å². The quantitative estimate of drug-likeness (QED) is 0.318. The van der Waals surface area contributed by atoms with E-state index in [1.807, 2.05) is 23.1 Å². The van der Waals surface area contributed by atoms with Crippen molar-refractivity contribution < 1.29 is 14.4 Å². The second kappa shape index (κ2) is 11.7. The van der Waals surface area contributed by atoms with Gasteiger partial charge in [-0.1, -0.05) is 18.2 Å². The SMILES string of the molecule is CCONC(=O)c1cn(-c2ccc3c(c2)CCC3)c2nc(Nc3ccc(C4CCN(C(C)=O)CC4)cc3)ncc2c1=O.